The molecule has 0 N–H and O–H groups in total. The van der Waals surface area contributed by atoms with Gasteiger partial charge in [0, 0.05) is 12.6 Å². The van der Waals surface area contributed by atoms with Crippen LogP contribution in [0.15, 0.2) is 66.9 Å². The highest BCUT2D eigenvalue weighted by Gasteiger charge is 2.09. The lowest BCUT2D eigenvalue weighted by molar-refractivity contribution is 0.0988. The quantitative estimate of drug-likeness (QED) is 0.661. The lowest BCUT2D eigenvalue weighted by Gasteiger charge is -2.05. The second kappa shape index (κ2) is 5.02. The molecule has 0 aliphatic heterocycles. The predicted octanol–water partition coefficient (Wildman–Crippen LogP) is 3.66. The molecule has 0 bridgehead atoms. The third kappa shape index (κ3) is 2.38. The molecule has 0 aliphatic carbocycles. The van der Waals surface area contributed by atoms with Gasteiger partial charge in [0.1, 0.15) is 5.69 Å². The van der Waals surface area contributed by atoms with Crippen LogP contribution >= 0.6 is 0 Å². The Labute approximate surface area is 111 Å². The van der Waals surface area contributed by atoms with E-state index in [-0.39, 0.29) is 5.78 Å². The molecular weight excluding hydrogens is 234 g/mol. The summed E-state index contributed by atoms with van der Waals surface area (Å²) in [6.07, 6.45) is 2.04. The molecule has 0 aliphatic rings. The lowest BCUT2D eigenvalue weighted by Crippen LogP contribution is -2.05. The van der Waals surface area contributed by atoms with Gasteiger partial charge in [0.05, 0.1) is 0 Å². The summed E-state index contributed by atoms with van der Waals surface area (Å²) in [5, 5.41) is 2.29. The Morgan fingerprint density at radius 3 is 2.53 bits per heavy atom. The molecule has 2 aromatic carbocycles. The number of ketones is 1. The van der Waals surface area contributed by atoms with Crippen LogP contribution in [-0.2, 0) is 6.42 Å². The topological polar surface area (TPSA) is 30.0 Å². The van der Waals surface area contributed by atoms with Crippen molar-refractivity contribution in [3.8, 4) is 0 Å². The maximum absolute atomic E-state index is 12.2. The summed E-state index contributed by atoms with van der Waals surface area (Å²) in [6, 6.07) is 19.6. The minimum absolute atomic E-state index is 0.0527. The van der Waals surface area contributed by atoms with E-state index < -0.39 is 0 Å². The number of hydrogen-bond acceptors (Lipinski definition) is 2. The van der Waals surface area contributed by atoms with E-state index in [1.54, 1.807) is 12.3 Å². The molecule has 0 atom stereocenters. The van der Waals surface area contributed by atoms with Gasteiger partial charge in [-0.25, -0.2) is 0 Å². The summed E-state index contributed by atoms with van der Waals surface area (Å²) >= 11 is 0. The number of hydrogen-bond donors (Lipinski definition) is 0. The summed E-state index contributed by atoms with van der Waals surface area (Å²) in [5.41, 5.74) is 1.57. The van der Waals surface area contributed by atoms with E-state index in [0.717, 1.165) is 16.3 Å². The molecular formula is C17H13NO. The third-order valence-corrected chi connectivity index (χ3v) is 3.18. The number of rotatable bonds is 3. The van der Waals surface area contributed by atoms with E-state index in [4.69, 9.17) is 0 Å². The Balaban J connectivity index is 1.96. The smallest absolute Gasteiger partial charge is 0.185 e. The van der Waals surface area contributed by atoms with Gasteiger partial charge >= 0.3 is 0 Å². The van der Waals surface area contributed by atoms with Gasteiger partial charge in [-0.3, -0.25) is 9.78 Å². The Morgan fingerprint density at radius 2 is 1.68 bits per heavy atom. The fourth-order valence-electron chi connectivity index (χ4n) is 2.24. The Hall–Kier alpha value is -2.48. The van der Waals surface area contributed by atoms with Crippen molar-refractivity contribution < 1.29 is 4.79 Å². The van der Waals surface area contributed by atoms with Crippen molar-refractivity contribution in [2.24, 2.45) is 0 Å². The molecule has 0 radical (unpaired) electrons. The molecule has 1 heterocycles. The van der Waals surface area contributed by atoms with Crippen LogP contribution in [0.1, 0.15) is 16.1 Å². The van der Waals surface area contributed by atoms with Crippen LogP contribution in [0.5, 0.6) is 0 Å². The van der Waals surface area contributed by atoms with Gasteiger partial charge in [0.2, 0.25) is 0 Å². The van der Waals surface area contributed by atoms with E-state index in [0.29, 0.717) is 12.1 Å². The van der Waals surface area contributed by atoms with Gasteiger partial charge in [-0.05, 0) is 28.5 Å². The van der Waals surface area contributed by atoms with Crippen LogP contribution in [0.2, 0.25) is 0 Å². The normalized spacial score (nSPS) is 10.5. The Kier molecular flexibility index (Phi) is 3.07. The third-order valence-electron chi connectivity index (χ3n) is 3.18. The fourth-order valence-corrected chi connectivity index (χ4v) is 2.24. The molecule has 0 amide bonds. The summed E-state index contributed by atoms with van der Waals surface area (Å²) < 4.78 is 0. The number of carbonyl (C=O) groups is 1. The van der Waals surface area contributed by atoms with Crippen LogP contribution in [0.25, 0.3) is 10.8 Å². The number of carbonyl (C=O) groups excluding carboxylic acids is 1. The van der Waals surface area contributed by atoms with Gasteiger partial charge in [-0.15, -0.1) is 0 Å². The SMILES string of the molecule is O=C(Cc1cccc2ccccc12)c1ccccn1. The average molecular weight is 247 g/mol. The summed E-state index contributed by atoms with van der Waals surface area (Å²) in [6.45, 7) is 0. The highest BCUT2D eigenvalue weighted by Crippen LogP contribution is 2.19. The minimum Gasteiger partial charge on any atom is -0.292 e. The molecule has 1 aromatic heterocycles. The molecule has 19 heavy (non-hydrogen) atoms. The molecule has 2 nitrogen and oxygen atoms in total. The molecule has 0 spiro atoms. The number of pyridine rings is 1. The summed E-state index contributed by atoms with van der Waals surface area (Å²) in [5.74, 6) is 0.0527. The van der Waals surface area contributed by atoms with E-state index in [9.17, 15) is 4.79 Å². The first-order valence-corrected chi connectivity index (χ1v) is 6.25. The molecule has 0 saturated heterocycles. The van der Waals surface area contributed by atoms with Crippen LogP contribution in [0.3, 0.4) is 0 Å². The van der Waals surface area contributed by atoms with Gasteiger partial charge in [-0.2, -0.15) is 0 Å². The number of benzene rings is 2. The van der Waals surface area contributed by atoms with E-state index in [1.165, 1.54) is 0 Å². The van der Waals surface area contributed by atoms with Crippen molar-refractivity contribution in [3.05, 3.63) is 78.1 Å². The highest BCUT2D eigenvalue weighted by atomic mass is 16.1. The average Bonchev–Trinajstić information content (AvgIpc) is 2.48. The summed E-state index contributed by atoms with van der Waals surface area (Å²) in [7, 11) is 0. The zero-order chi connectivity index (χ0) is 13.1. The number of aromatic nitrogens is 1. The van der Waals surface area contributed by atoms with Crippen molar-refractivity contribution in [1.82, 2.24) is 4.98 Å². The van der Waals surface area contributed by atoms with Crippen molar-refractivity contribution >= 4 is 16.6 Å². The van der Waals surface area contributed by atoms with Gasteiger partial charge in [0.25, 0.3) is 0 Å². The van der Waals surface area contributed by atoms with Crippen LogP contribution in [0, 0.1) is 0 Å². The van der Waals surface area contributed by atoms with E-state index in [1.807, 2.05) is 36.4 Å². The van der Waals surface area contributed by atoms with E-state index in [2.05, 4.69) is 23.2 Å². The van der Waals surface area contributed by atoms with Gasteiger partial charge < -0.3 is 0 Å². The number of Topliss-reactive ketones (excluding diaryl/α,β-unsaturated/α-hetero) is 1. The molecule has 92 valence electrons. The second-order valence-electron chi connectivity index (χ2n) is 4.45. The zero-order valence-corrected chi connectivity index (χ0v) is 10.4. The first-order valence-electron chi connectivity index (χ1n) is 6.25. The molecule has 0 saturated carbocycles. The lowest BCUT2D eigenvalue weighted by atomic mass is 9.99. The monoisotopic (exact) mass is 247 g/mol. The van der Waals surface area contributed by atoms with Gasteiger partial charge in [-0.1, -0.05) is 48.5 Å². The maximum atomic E-state index is 12.2. The largest absolute Gasteiger partial charge is 0.292 e. The molecule has 0 unspecified atom stereocenters. The molecule has 2 heteroatoms. The van der Waals surface area contributed by atoms with Gasteiger partial charge in [0.15, 0.2) is 5.78 Å². The minimum atomic E-state index is 0.0527. The first kappa shape index (κ1) is 11.6. The summed E-state index contributed by atoms with van der Waals surface area (Å²) in [4.78, 5) is 16.3. The fraction of sp³-hybridized carbons (Fsp3) is 0.0588. The Bertz CT molecular complexity index is 714. The Morgan fingerprint density at radius 1 is 0.895 bits per heavy atom. The zero-order valence-electron chi connectivity index (χ0n) is 10.4. The van der Waals surface area contributed by atoms with Crippen LogP contribution in [0.4, 0.5) is 0 Å². The highest BCUT2D eigenvalue weighted by molar-refractivity contribution is 5.98. The predicted molar refractivity (Wildman–Crippen MR) is 76.2 cm³/mol. The standard InChI is InChI=1S/C17H13NO/c19-17(16-10-3-4-11-18-16)12-14-8-5-7-13-6-1-2-9-15(13)14/h1-11H,12H2. The van der Waals surface area contributed by atoms with Crippen molar-refractivity contribution in [2.75, 3.05) is 0 Å². The second-order valence-corrected chi connectivity index (χ2v) is 4.45. The molecule has 3 aromatic rings. The number of fused-ring (bicyclic) bond motifs is 1. The van der Waals surface area contributed by atoms with Crippen LogP contribution in [-0.4, -0.2) is 10.8 Å². The maximum Gasteiger partial charge on any atom is 0.185 e. The number of nitrogens with zero attached hydrogens (tertiary/aromatic N) is 1. The first-order chi connectivity index (χ1) is 9.34. The molecule has 3 rings (SSSR count). The van der Waals surface area contributed by atoms with Crippen molar-refractivity contribution in [1.29, 1.82) is 0 Å². The van der Waals surface area contributed by atoms with Crippen molar-refractivity contribution in [2.45, 2.75) is 6.42 Å². The van der Waals surface area contributed by atoms with Crippen molar-refractivity contribution in [3.63, 3.8) is 0 Å². The molecule has 0 fully saturated rings. The van der Waals surface area contributed by atoms with Crippen LogP contribution < -0.4 is 0 Å². The van der Waals surface area contributed by atoms with E-state index >= 15 is 0 Å².